The van der Waals surface area contributed by atoms with E-state index >= 15 is 0 Å². The normalized spacial score (nSPS) is 17.3. The zero-order valence-electron chi connectivity index (χ0n) is 15.1. The van der Waals surface area contributed by atoms with Gasteiger partial charge in [-0.2, -0.15) is 0 Å². The van der Waals surface area contributed by atoms with E-state index < -0.39 is 18.4 Å². The molecule has 2 heteroatoms. The summed E-state index contributed by atoms with van der Waals surface area (Å²) in [6.45, 7) is 7.18. The molecule has 21 heavy (non-hydrogen) atoms. The molecule has 0 aromatic carbocycles. The summed E-state index contributed by atoms with van der Waals surface area (Å²) in [5, 5.41) is 1.04. The molecule has 0 spiro atoms. The first-order chi connectivity index (χ1) is 10.3. The van der Waals surface area contributed by atoms with Gasteiger partial charge < -0.3 is 0 Å². The summed E-state index contributed by atoms with van der Waals surface area (Å²) in [5.41, 5.74) is 0. The summed E-state index contributed by atoms with van der Waals surface area (Å²) >= 11 is 0.625. The molecule has 1 aliphatic rings. The fourth-order valence-electron chi connectivity index (χ4n) is 3.77. The van der Waals surface area contributed by atoms with E-state index in [0.29, 0.717) is 0 Å². The molecule has 0 N–H and O–H groups in total. The van der Waals surface area contributed by atoms with Crippen molar-refractivity contribution < 1.29 is 0 Å². The van der Waals surface area contributed by atoms with Gasteiger partial charge in [-0.25, -0.2) is 0 Å². The summed E-state index contributed by atoms with van der Waals surface area (Å²) in [5.74, 6) is 0. The molecular formula is C19H40SSn. The van der Waals surface area contributed by atoms with Crippen LogP contribution in [0.3, 0.4) is 0 Å². The van der Waals surface area contributed by atoms with Gasteiger partial charge in [-0.05, 0) is 0 Å². The van der Waals surface area contributed by atoms with E-state index in [1.54, 1.807) is 17.1 Å². The maximum atomic E-state index is 2.45. The Kier molecular flexibility index (Phi) is 12.1. The number of rotatable bonds is 12. The monoisotopic (exact) mass is 420 g/mol. The minimum atomic E-state index is -1.82. The van der Waals surface area contributed by atoms with Gasteiger partial charge in [-0.15, -0.1) is 0 Å². The third kappa shape index (κ3) is 8.53. The Labute approximate surface area is 143 Å². The second kappa shape index (κ2) is 12.6. The summed E-state index contributed by atoms with van der Waals surface area (Å²) < 4.78 is 6.76. The first kappa shape index (κ1) is 20.2. The number of thioether (sulfide) groups is 1. The predicted molar refractivity (Wildman–Crippen MR) is 104 cm³/mol. The molecule has 0 aromatic rings. The van der Waals surface area contributed by atoms with E-state index in [1.807, 2.05) is 0 Å². The summed E-state index contributed by atoms with van der Waals surface area (Å²) in [6.07, 6.45) is 16.5. The Balaban J connectivity index is 2.55. The molecule has 1 rings (SSSR count). The molecule has 0 nitrogen and oxygen atoms in total. The van der Waals surface area contributed by atoms with Crippen molar-refractivity contribution in [3.05, 3.63) is 0 Å². The third-order valence-corrected chi connectivity index (χ3v) is 25.9. The Hall–Kier alpha value is 1.15. The van der Waals surface area contributed by atoms with Crippen molar-refractivity contribution in [1.29, 1.82) is 0 Å². The van der Waals surface area contributed by atoms with E-state index in [2.05, 4.69) is 32.5 Å². The molecule has 1 saturated carbocycles. The average Bonchev–Trinajstić information content (AvgIpc) is 2.54. The fourth-order valence-corrected chi connectivity index (χ4v) is 25.8. The van der Waals surface area contributed by atoms with Gasteiger partial charge in [-0.3, -0.25) is 0 Å². The van der Waals surface area contributed by atoms with Crippen LogP contribution in [0.4, 0.5) is 0 Å². The van der Waals surface area contributed by atoms with Crippen LogP contribution in [-0.2, 0) is 0 Å². The van der Waals surface area contributed by atoms with Crippen molar-refractivity contribution in [3.8, 4) is 0 Å². The van der Waals surface area contributed by atoms with Crippen molar-refractivity contribution in [1.82, 2.24) is 0 Å². The first-order valence-corrected chi connectivity index (χ1v) is 19.0. The minimum absolute atomic E-state index is 1.04. The van der Waals surface area contributed by atoms with Gasteiger partial charge in [0.1, 0.15) is 0 Å². The molecule has 0 amide bonds. The van der Waals surface area contributed by atoms with Crippen molar-refractivity contribution in [3.63, 3.8) is 0 Å². The molecule has 0 aliphatic heterocycles. The van der Waals surface area contributed by atoms with E-state index in [1.165, 1.54) is 70.6 Å². The Morgan fingerprint density at radius 2 is 1.24 bits per heavy atom. The van der Waals surface area contributed by atoms with Gasteiger partial charge in [0.2, 0.25) is 0 Å². The van der Waals surface area contributed by atoms with E-state index in [-0.39, 0.29) is 0 Å². The predicted octanol–water partition coefficient (Wildman–Crippen LogP) is 7.44. The number of unbranched alkanes of at least 4 members (excludes halogenated alkanes) is 3. The molecule has 1 aliphatic carbocycles. The van der Waals surface area contributed by atoms with Crippen LogP contribution in [0.15, 0.2) is 0 Å². The van der Waals surface area contributed by atoms with E-state index in [4.69, 9.17) is 0 Å². The van der Waals surface area contributed by atoms with Gasteiger partial charge >= 0.3 is 144 Å². The molecule has 1 fully saturated rings. The van der Waals surface area contributed by atoms with Crippen LogP contribution in [0.5, 0.6) is 0 Å². The molecule has 0 radical (unpaired) electrons. The quantitative estimate of drug-likeness (QED) is 0.296. The van der Waals surface area contributed by atoms with Gasteiger partial charge in [0.05, 0.1) is 0 Å². The zero-order chi connectivity index (χ0) is 15.4. The molecule has 126 valence electrons. The standard InChI is InChI=1S/C7H13S.3C4H9.Sn/c1-8-7-5-3-2-4-6-7;3*1-3-4-2;/h7H,1-6H2;3*1,3-4H2,2H3;. The van der Waals surface area contributed by atoms with Gasteiger partial charge in [0.15, 0.2) is 0 Å². The Morgan fingerprint density at radius 3 is 1.67 bits per heavy atom. The van der Waals surface area contributed by atoms with Crippen LogP contribution in [0.2, 0.25) is 13.3 Å². The Morgan fingerprint density at radius 1 is 0.762 bits per heavy atom. The van der Waals surface area contributed by atoms with Crippen LogP contribution in [-0.4, -0.2) is 27.4 Å². The second-order valence-corrected chi connectivity index (χ2v) is 24.0. The average molecular weight is 419 g/mol. The zero-order valence-corrected chi connectivity index (χ0v) is 18.8. The molecule has 0 aromatic heterocycles. The van der Waals surface area contributed by atoms with Crippen LogP contribution < -0.4 is 0 Å². The molecule has 0 bridgehead atoms. The van der Waals surface area contributed by atoms with Crippen molar-refractivity contribution in [2.45, 2.75) is 110 Å². The van der Waals surface area contributed by atoms with Gasteiger partial charge in [-0.1, -0.05) is 0 Å². The molecule has 0 heterocycles. The van der Waals surface area contributed by atoms with Crippen LogP contribution in [0.25, 0.3) is 0 Å². The van der Waals surface area contributed by atoms with E-state index in [9.17, 15) is 0 Å². The van der Waals surface area contributed by atoms with Crippen LogP contribution >= 0.6 is 11.8 Å². The van der Waals surface area contributed by atoms with Crippen molar-refractivity contribution in [2.75, 3.05) is 3.77 Å². The fraction of sp³-hybridized carbons (Fsp3) is 1.00. The van der Waals surface area contributed by atoms with Crippen molar-refractivity contribution in [2.24, 2.45) is 0 Å². The number of hydrogen-bond donors (Lipinski definition) is 0. The summed E-state index contributed by atoms with van der Waals surface area (Å²) in [6, 6.07) is 0. The van der Waals surface area contributed by atoms with E-state index in [0.717, 1.165) is 5.25 Å². The van der Waals surface area contributed by atoms with Gasteiger partial charge in [0.25, 0.3) is 0 Å². The molecule has 0 atom stereocenters. The number of hydrogen-bond acceptors (Lipinski definition) is 1. The van der Waals surface area contributed by atoms with Crippen LogP contribution in [0.1, 0.15) is 91.4 Å². The molecule has 0 saturated heterocycles. The summed E-state index contributed by atoms with van der Waals surface area (Å²) in [7, 11) is 0. The molecular weight excluding hydrogens is 379 g/mol. The topological polar surface area (TPSA) is 0 Å². The maximum absolute atomic E-state index is 2.45. The van der Waals surface area contributed by atoms with Crippen LogP contribution in [0, 0.1) is 0 Å². The SMILES string of the molecule is CCC[CH2][Sn]([CH2]CCC)([CH2]CCC)[CH2]SC1CCCCC1. The van der Waals surface area contributed by atoms with Crippen molar-refractivity contribution >= 4 is 30.1 Å². The first-order valence-electron chi connectivity index (χ1n) is 9.88. The molecule has 0 unspecified atom stereocenters. The van der Waals surface area contributed by atoms with Gasteiger partial charge in [0, 0.05) is 0 Å². The second-order valence-electron chi connectivity index (χ2n) is 7.38. The Bertz CT molecular complexity index is 214. The summed E-state index contributed by atoms with van der Waals surface area (Å²) in [4.78, 5) is 0. The third-order valence-electron chi connectivity index (χ3n) is 5.36.